The van der Waals surface area contributed by atoms with E-state index >= 15 is 0 Å². The summed E-state index contributed by atoms with van der Waals surface area (Å²) in [6.45, 7) is 3.80. The van der Waals surface area contributed by atoms with Crippen molar-refractivity contribution in [2.75, 3.05) is 30.5 Å². The van der Waals surface area contributed by atoms with Gasteiger partial charge in [-0.1, -0.05) is 13.3 Å². The largest absolute Gasteiger partial charge is 0.462 e. The van der Waals surface area contributed by atoms with Crippen LogP contribution in [0.25, 0.3) is 0 Å². The number of anilines is 2. The van der Waals surface area contributed by atoms with Crippen LogP contribution in [0, 0.1) is 0 Å². The maximum Gasteiger partial charge on any atom is 0.338 e. The van der Waals surface area contributed by atoms with Gasteiger partial charge in [0, 0.05) is 17.8 Å². The molecule has 2 aromatic rings. The highest BCUT2D eigenvalue weighted by Crippen LogP contribution is 2.12. The van der Waals surface area contributed by atoms with E-state index < -0.39 is 36.3 Å². The third-order valence-corrected chi connectivity index (χ3v) is 4.74. The number of esters is 3. The zero-order valence-corrected chi connectivity index (χ0v) is 20.3. The molecule has 2 N–H and O–H groups in total. The first-order chi connectivity index (χ1) is 17.3. The second kappa shape index (κ2) is 14.9. The third-order valence-electron chi connectivity index (χ3n) is 4.74. The molecule has 0 aliphatic carbocycles. The van der Waals surface area contributed by atoms with Crippen molar-refractivity contribution in [2.24, 2.45) is 0 Å². The van der Waals surface area contributed by atoms with E-state index in [4.69, 9.17) is 14.2 Å². The quantitative estimate of drug-likeness (QED) is 0.242. The molecule has 0 spiro atoms. The maximum absolute atomic E-state index is 12.0. The molecule has 0 saturated heterocycles. The van der Waals surface area contributed by atoms with Crippen LogP contribution in [0.3, 0.4) is 0 Å². The number of hydrogen-bond acceptors (Lipinski definition) is 8. The van der Waals surface area contributed by atoms with Crippen LogP contribution in [0.2, 0.25) is 0 Å². The Morgan fingerprint density at radius 2 is 1.19 bits per heavy atom. The van der Waals surface area contributed by atoms with Gasteiger partial charge in [-0.25, -0.2) is 9.59 Å². The Morgan fingerprint density at radius 1 is 0.667 bits per heavy atom. The molecule has 0 heterocycles. The Balaban J connectivity index is 1.68. The molecule has 0 atom stereocenters. The van der Waals surface area contributed by atoms with Crippen LogP contribution in [0.1, 0.15) is 60.2 Å². The first kappa shape index (κ1) is 28.0. The summed E-state index contributed by atoms with van der Waals surface area (Å²) in [5.74, 6) is -2.58. The standard InChI is InChI=1S/C26H30N2O8/c1-3-5-16-35-26(33)19-8-12-21(13-9-19)28-23(30)17-36-24(31)15-14-22(29)27-20-10-6-18(7-11-20)25(32)34-4-2/h6-13H,3-5,14-17H2,1-2H3,(H,27,29)(H,28,30). The fraction of sp³-hybridized carbons (Fsp3) is 0.346. The molecule has 10 nitrogen and oxygen atoms in total. The molecule has 0 aliphatic rings. The monoisotopic (exact) mass is 498 g/mol. The lowest BCUT2D eigenvalue weighted by Gasteiger charge is -2.08. The molecule has 2 aromatic carbocycles. The number of nitrogens with one attached hydrogen (secondary N) is 2. The summed E-state index contributed by atoms with van der Waals surface area (Å²) in [5.41, 5.74) is 1.61. The predicted octanol–water partition coefficient (Wildman–Crippen LogP) is 3.72. The van der Waals surface area contributed by atoms with Crippen LogP contribution in [0.15, 0.2) is 48.5 Å². The fourth-order valence-corrected chi connectivity index (χ4v) is 2.84. The SMILES string of the molecule is CCCCOC(=O)c1ccc(NC(=O)COC(=O)CCC(=O)Nc2ccc(C(=O)OCC)cc2)cc1. The molecule has 0 aliphatic heterocycles. The van der Waals surface area contributed by atoms with E-state index in [9.17, 15) is 24.0 Å². The number of hydrogen-bond donors (Lipinski definition) is 2. The predicted molar refractivity (Wildman–Crippen MR) is 131 cm³/mol. The van der Waals surface area contributed by atoms with Crippen LogP contribution >= 0.6 is 0 Å². The molecule has 0 bridgehead atoms. The summed E-state index contributed by atoms with van der Waals surface area (Å²) in [7, 11) is 0. The summed E-state index contributed by atoms with van der Waals surface area (Å²) in [6.07, 6.45) is 1.35. The molecular formula is C26H30N2O8. The normalized spacial score (nSPS) is 10.2. The Kier molecular flexibility index (Phi) is 11.6. The van der Waals surface area contributed by atoms with E-state index in [1.54, 1.807) is 31.2 Å². The molecule has 0 saturated carbocycles. The molecule has 0 aromatic heterocycles. The summed E-state index contributed by atoms with van der Waals surface area (Å²) in [5, 5.41) is 5.16. The van der Waals surface area contributed by atoms with Gasteiger partial charge in [-0.15, -0.1) is 0 Å². The molecule has 10 heteroatoms. The molecule has 2 amide bonds. The van der Waals surface area contributed by atoms with Crippen molar-refractivity contribution in [3.05, 3.63) is 59.7 Å². The van der Waals surface area contributed by atoms with Crippen LogP contribution in [0.5, 0.6) is 0 Å². The molecule has 2 rings (SSSR count). The second-order valence-corrected chi connectivity index (χ2v) is 7.62. The Labute approximate surface area is 209 Å². The van der Waals surface area contributed by atoms with Gasteiger partial charge >= 0.3 is 17.9 Å². The first-order valence-electron chi connectivity index (χ1n) is 11.6. The van der Waals surface area contributed by atoms with Crippen LogP contribution in [-0.2, 0) is 28.6 Å². The smallest absolute Gasteiger partial charge is 0.338 e. The van der Waals surface area contributed by atoms with Gasteiger partial charge in [-0.2, -0.15) is 0 Å². The van der Waals surface area contributed by atoms with E-state index in [0.717, 1.165) is 12.8 Å². The summed E-state index contributed by atoms with van der Waals surface area (Å²) < 4.78 is 14.9. The number of amides is 2. The number of unbranched alkanes of at least 4 members (excludes halogenated alkanes) is 1. The lowest BCUT2D eigenvalue weighted by atomic mass is 10.2. The molecule has 192 valence electrons. The maximum atomic E-state index is 12.0. The Hall–Kier alpha value is -4.21. The minimum atomic E-state index is -0.705. The highest BCUT2D eigenvalue weighted by molar-refractivity contribution is 5.96. The average Bonchev–Trinajstić information content (AvgIpc) is 2.87. The van der Waals surface area contributed by atoms with Gasteiger partial charge in [0.25, 0.3) is 5.91 Å². The van der Waals surface area contributed by atoms with Gasteiger partial charge in [-0.05, 0) is 61.9 Å². The van der Waals surface area contributed by atoms with E-state index in [2.05, 4.69) is 10.6 Å². The lowest BCUT2D eigenvalue weighted by molar-refractivity contribution is -0.147. The second-order valence-electron chi connectivity index (χ2n) is 7.62. The Bertz CT molecular complexity index is 1050. The van der Waals surface area contributed by atoms with E-state index in [0.29, 0.717) is 29.1 Å². The van der Waals surface area contributed by atoms with E-state index in [1.807, 2.05) is 6.92 Å². The van der Waals surface area contributed by atoms with Crippen LogP contribution in [0.4, 0.5) is 11.4 Å². The zero-order chi connectivity index (χ0) is 26.3. The number of benzene rings is 2. The van der Waals surface area contributed by atoms with Gasteiger partial charge < -0.3 is 24.8 Å². The number of carbonyl (C=O) groups excluding carboxylic acids is 5. The van der Waals surface area contributed by atoms with Crippen molar-refractivity contribution < 1.29 is 38.2 Å². The van der Waals surface area contributed by atoms with Crippen molar-refractivity contribution >= 4 is 41.1 Å². The van der Waals surface area contributed by atoms with Crippen molar-refractivity contribution in [1.29, 1.82) is 0 Å². The van der Waals surface area contributed by atoms with Crippen LogP contribution < -0.4 is 10.6 Å². The molecule has 36 heavy (non-hydrogen) atoms. The van der Waals surface area contributed by atoms with Crippen molar-refractivity contribution in [1.82, 2.24) is 0 Å². The van der Waals surface area contributed by atoms with Crippen molar-refractivity contribution in [3.63, 3.8) is 0 Å². The number of carbonyl (C=O) groups is 5. The summed E-state index contributed by atoms with van der Waals surface area (Å²) >= 11 is 0. The van der Waals surface area contributed by atoms with Gasteiger partial charge in [0.2, 0.25) is 5.91 Å². The van der Waals surface area contributed by atoms with E-state index in [1.165, 1.54) is 24.3 Å². The minimum absolute atomic E-state index is 0.143. The molecule has 0 fully saturated rings. The van der Waals surface area contributed by atoms with Gasteiger partial charge in [0.1, 0.15) is 0 Å². The fourth-order valence-electron chi connectivity index (χ4n) is 2.84. The van der Waals surface area contributed by atoms with Gasteiger partial charge in [0.05, 0.1) is 30.8 Å². The van der Waals surface area contributed by atoms with Gasteiger partial charge in [-0.3, -0.25) is 14.4 Å². The minimum Gasteiger partial charge on any atom is -0.462 e. The number of ether oxygens (including phenoxy) is 3. The van der Waals surface area contributed by atoms with Crippen molar-refractivity contribution in [2.45, 2.75) is 39.5 Å². The number of rotatable bonds is 13. The van der Waals surface area contributed by atoms with E-state index in [-0.39, 0.29) is 19.4 Å². The highest BCUT2D eigenvalue weighted by atomic mass is 16.5. The van der Waals surface area contributed by atoms with Gasteiger partial charge in [0.15, 0.2) is 6.61 Å². The topological polar surface area (TPSA) is 137 Å². The van der Waals surface area contributed by atoms with Crippen LogP contribution in [-0.4, -0.2) is 49.5 Å². The molecule has 0 radical (unpaired) electrons. The lowest BCUT2D eigenvalue weighted by Crippen LogP contribution is -2.21. The first-order valence-corrected chi connectivity index (χ1v) is 11.6. The summed E-state index contributed by atoms with van der Waals surface area (Å²) in [6, 6.07) is 12.3. The molecular weight excluding hydrogens is 468 g/mol. The Morgan fingerprint density at radius 3 is 1.72 bits per heavy atom. The third kappa shape index (κ3) is 9.96. The zero-order valence-electron chi connectivity index (χ0n) is 20.3. The summed E-state index contributed by atoms with van der Waals surface area (Å²) in [4.78, 5) is 59.5. The van der Waals surface area contributed by atoms with Crippen molar-refractivity contribution in [3.8, 4) is 0 Å². The molecule has 0 unspecified atom stereocenters. The highest BCUT2D eigenvalue weighted by Gasteiger charge is 2.13. The average molecular weight is 499 g/mol.